The lowest BCUT2D eigenvalue weighted by molar-refractivity contribution is -0.141. The monoisotopic (exact) mass is 381 g/mol. The molecule has 0 fully saturated rings. The fourth-order valence-corrected chi connectivity index (χ4v) is 2.02. The number of hydrogen-bond donors (Lipinski definition) is 1. The summed E-state index contributed by atoms with van der Waals surface area (Å²) in [7, 11) is 0. The van der Waals surface area contributed by atoms with E-state index >= 15 is 0 Å². The molecule has 0 aliphatic rings. The Bertz CT molecular complexity index is 475. The third-order valence-electron chi connectivity index (χ3n) is 1.99. The molecular weight excluding hydrogens is 376 g/mol. The van der Waals surface area contributed by atoms with Gasteiger partial charge in [0.2, 0.25) is 0 Å². The first-order valence-corrected chi connectivity index (χ1v) is 5.47. The molecule has 0 aliphatic carbocycles. The highest BCUT2D eigenvalue weighted by Crippen LogP contribution is 2.40. The van der Waals surface area contributed by atoms with Crippen LogP contribution in [0.1, 0.15) is 23.1 Å². The van der Waals surface area contributed by atoms with Crippen molar-refractivity contribution in [3.8, 4) is 0 Å². The first kappa shape index (κ1) is 15.1. The molecule has 0 bridgehead atoms. The molecule has 0 unspecified atom stereocenters. The highest BCUT2D eigenvalue weighted by atomic mass is 127. The van der Waals surface area contributed by atoms with E-state index in [4.69, 9.17) is 5.11 Å². The number of carboxylic acids is 1. The molecule has 0 aliphatic heterocycles. The average Bonchev–Trinajstić information content (AvgIpc) is 2.17. The molecular formula is C9H5F5INO2. The van der Waals surface area contributed by atoms with Crippen molar-refractivity contribution in [1.82, 2.24) is 4.98 Å². The predicted octanol–water partition coefficient (Wildman–Crippen LogP) is 3.27. The van der Waals surface area contributed by atoms with Crippen LogP contribution in [0.4, 0.5) is 22.0 Å². The van der Waals surface area contributed by atoms with Gasteiger partial charge in [0, 0.05) is 6.20 Å². The van der Waals surface area contributed by atoms with E-state index in [9.17, 15) is 26.7 Å². The molecule has 1 rings (SSSR count). The Kier molecular flexibility index (Phi) is 4.46. The van der Waals surface area contributed by atoms with Crippen molar-refractivity contribution < 1.29 is 31.9 Å². The lowest BCUT2D eigenvalue weighted by Crippen LogP contribution is -2.18. The zero-order valence-electron chi connectivity index (χ0n) is 8.43. The molecule has 1 N–H and O–H groups in total. The van der Waals surface area contributed by atoms with Crippen LogP contribution < -0.4 is 0 Å². The quantitative estimate of drug-likeness (QED) is 0.497. The van der Waals surface area contributed by atoms with E-state index < -0.39 is 45.4 Å². The molecule has 0 amide bonds. The smallest absolute Gasteiger partial charge is 0.417 e. The van der Waals surface area contributed by atoms with E-state index in [1.807, 2.05) is 0 Å². The third kappa shape index (κ3) is 3.27. The van der Waals surface area contributed by atoms with Crippen LogP contribution in [0.5, 0.6) is 0 Å². The molecule has 9 heteroatoms. The fourth-order valence-electron chi connectivity index (χ4n) is 1.38. The summed E-state index contributed by atoms with van der Waals surface area (Å²) in [5, 5.41) is 8.47. The summed E-state index contributed by atoms with van der Waals surface area (Å²) in [6.07, 6.45) is -8.79. The fraction of sp³-hybridized carbons (Fsp3) is 0.333. The molecule has 1 aromatic heterocycles. The Hall–Kier alpha value is -1.00. The first-order chi connectivity index (χ1) is 8.14. The van der Waals surface area contributed by atoms with Crippen LogP contribution in [-0.2, 0) is 17.4 Å². The number of nitrogens with zero attached hydrogens (tertiary/aromatic N) is 1. The van der Waals surface area contributed by atoms with Crippen molar-refractivity contribution in [2.24, 2.45) is 0 Å². The number of rotatable bonds is 3. The van der Waals surface area contributed by atoms with Gasteiger partial charge in [0.05, 0.1) is 17.5 Å². The lowest BCUT2D eigenvalue weighted by Gasteiger charge is -2.17. The van der Waals surface area contributed by atoms with Gasteiger partial charge >= 0.3 is 12.1 Å². The van der Waals surface area contributed by atoms with E-state index in [0.717, 1.165) is 0 Å². The number of aliphatic carboxylic acids is 1. The number of pyridine rings is 1. The number of carboxylic acid groups (broad SMARTS) is 1. The second-order valence-corrected chi connectivity index (χ2v) is 4.25. The zero-order chi connectivity index (χ0) is 14.1. The number of carbonyl (C=O) groups is 1. The van der Waals surface area contributed by atoms with E-state index in [-0.39, 0.29) is 0 Å². The van der Waals surface area contributed by atoms with Crippen molar-refractivity contribution in [2.75, 3.05) is 0 Å². The van der Waals surface area contributed by atoms with Gasteiger partial charge < -0.3 is 5.11 Å². The Morgan fingerprint density at radius 1 is 1.44 bits per heavy atom. The molecule has 0 radical (unpaired) electrons. The average molecular weight is 381 g/mol. The second-order valence-electron chi connectivity index (χ2n) is 3.23. The van der Waals surface area contributed by atoms with Crippen molar-refractivity contribution in [2.45, 2.75) is 19.0 Å². The summed E-state index contributed by atoms with van der Waals surface area (Å²) in [4.78, 5) is 13.8. The van der Waals surface area contributed by atoms with Gasteiger partial charge in [-0.25, -0.2) is 13.8 Å². The largest absolute Gasteiger partial charge is 0.481 e. The van der Waals surface area contributed by atoms with Gasteiger partial charge in [0.25, 0.3) is 6.43 Å². The van der Waals surface area contributed by atoms with Crippen LogP contribution >= 0.6 is 22.6 Å². The SMILES string of the molecule is O=C(O)Cc1cnc(I)c(C(F)F)c1C(F)(F)F. The van der Waals surface area contributed by atoms with E-state index in [1.165, 1.54) is 22.6 Å². The van der Waals surface area contributed by atoms with Crippen molar-refractivity contribution >= 4 is 28.6 Å². The Balaban J connectivity index is 3.54. The van der Waals surface area contributed by atoms with Gasteiger partial charge in [-0.1, -0.05) is 0 Å². The van der Waals surface area contributed by atoms with Crippen LogP contribution in [0.15, 0.2) is 6.20 Å². The highest BCUT2D eigenvalue weighted by molar-refractivity contribution is 14.1. The number of aromatic nitrogens is 1. The van der Waals surface area contributed by atoms with E-state index in [2.05, 4.69) is 4.98 Å². The highest BCUT2D eigenvalue weighted by Gasteiger charge is 2.40. The minimum atomic E-state index is -5.06. The topological polar surface area (TPSA) is 50.2 Å². The van der Waals surface area contributed by atoms with Gasteiger partial charge in [-0.05, 0) is 28.2 Å². The van der Waals surface area contributed by atoms with Gasteiger partial charge in [0.15, 0.2) is 0 Å². The molecule has 1 heterocycles. The van der Waals surface area contributed by atoms with E-state index in [0.29, 0.717) is 6.20 Å². The van der Waals surface area contributed by atoms with Crippen molar-refractivity contribution in [1.29, 1.82) is 0 Å². The standard InChI is InChI=1S/C9H5F5INO2/c10-7(11)5-6(9(12,13)14)3(1-4(17)18)2-16-8(5)15/h2,7H,1H2,(H,17,18). The lowest BCUT2D eigenvalue weighted by atomic mass is 10.0. The molecule has 100 valence electrons. The summed E-state index contributed by atoms with van der Waals surface area (Å²) in [6.45, 7) is 0. The number of halogens is 6. The molecule has 0 saturated heterocycles. The van der Waals surface area contributed by atoms with Crippen molar-refractivity contribution in [3.63, 3.8) is 0 Å². The van der Waals surface area contributed by atoms with Crippen LogP contribution in [0, 0.1) is 3.70 Å². The Morgan fingerprint density at radius 2 is 2.00 bits per heavy atom. The van der Waals surface area contributed by atoms with Crippen molar-refractivity contribution in [3.05, 3.63) is 26.6 Å². The summed E-state index contributed by atoms with van der Waals surface area (Å²) < 4.78 is 63.0. The summed E-state index contributed by atoms with van der Waals surface area (Å²) in [5.74, 6) is -1.55. The molecule has 0 aromatic carbocycles. The van der Waals surface area contributed by atoms with Crippen LogP contribution in [0.2, 0.25) is 0 Å². The predicted molar refractivity (Wildman–Crippen MR) is 58.3 cm³/mol. The Labute approximate surface area is 111 Å². The van der Waals surface area contributed by atoms with Crippen LogP contribution in [0.3, 0.4) is 0 Å². The van der Waals surface area contributed by atoms with Gasteiger partial charge in [0.1, 0.15) is 3.70 Å². The van der Waals surface area contributed by atoms with Crippen LogP contribution in [0.25, 0.3) is 0 Å². The molecule has 0 saturated carbocycles. The Morgan fingerprint density at radius 3 is 2.39 bits per heavy atom. The molecule has 0 atom stereocenters. The summed E-state index contributed by atoms with van der Waals surface area (Å²) in [5.41, 5.74) is -3.66. The third-order valence-corrected chi connectivity index (χ3v) is 2.85. The van der Waals surface area contributed by atoms with Crippen LogP contribution in [-0.4, -0.2) is 16.1 Å². The second kappa shape index (κ2) is 5.33. The maximum absolute atomic E-state index is 12.7. The van der Waals surface area contributed by atoms with Gasteiger partial charge in [-0.3, -0.25) is 4.79 Å². The molecule has 1 aromatic rings. The van der Waals surface area contributed by atoms with Gasteiger partial charge in [-0.2, -0.15) is 13.2 Å². The normalized spacial score (nSPS) is 11.9. The maximum atomic E-state index is 12.7. The molecule has 18 heavy (non-hydrogen) atoms. The molecule has 3 nitrogen and oxygen atoms in total. The number of hydrogen-bond acceptors (Lipinski definition) is 2. The molecule has 0 spiro atoms. The minimum Gasteiger partial charge on any atom is -0.481 e. The van der Waals surface area contributed by atoms with E-state index in [1.54, 1.807) is 0 Å². The number of alkyl halides is 5. The first-order valence-electron chi connectivity index (χ1n) is 4.39. The minimum absolute atomic E-state index is 0.496. The van der Waals surface area contributed by atoms with Gasteiger partial charge in [-0.15, -0.1) is 0 Å². The zero-order valence-corrected chi connectivity index (χ0v) is 10.6. The summed E-state index contributed by atoms with van der Waals surface area (Å²) in [6, 6.07) is 0. The maximum Gasteiger partial charge on any atom is 0.417 e. The summed E-state index contributed by atoms with van der Waals surface area (Å²) >= 11 is 1.25.